The fraction of sp³-hybridized carbons (Fsp3) is 1.00. The van der Waals surface area contributed by atoms with Crippen LogP contribution in [0.3, 0.4) is 0 Å². The zero-order valence-corrected chi connectivity index (χ0v) is 7.79. The first-order valence-corrected chi connectivity index (χ1v) is 5.21. The van der Waals surface area contributed by atoms with Crippen LogP contribution in [0.1, 0.15) is 32.1 Å². The largest absolute Gasteiger partial charge is 0.393 e. The number of ether oxygens (including phenoxy) is 2. The topological polar surface area (TPSA) is 38.7 Å². The van der Waals surface area contributed by atoms with Crippen LogP contribution in [-0.4, -0.2) is 30.2 Å². The Morgan fingerprint density at radius 2 is 1.77 bits per heavy atom. The third-order valence-electron chi connectivity index (χ3n) is 3.83. The van der Waals surface area contributed by atoms with Gasteiger partial charge in [0.15, 0.2) is 5.79 Å². The van der Waals surface area contributed by atoms with E-state index >= 15 is 0 Å². The Kier molecular flexibility index (Phi) is 1.56. The van der Waals surface area contributed by atoms with E-state index in [1.165, 1.54) is 0 Å². The number of hydrogen-bond acceptors (Lipinski definition) is 3. The van der Waals surface area contributed by atoms with Crippen molar-refractivity contribution in [2.45, 2.75) is 44.0 Å². The van der Waals surface area contributed by atoms with Crippen LogP contribution in [0.4, 0.5) is 0 Å². The van der Waals surface area contributed by atoms with E-state index in [0.29, 0.717) is 0 Å². The first kappa shape index (κ1) is 8.21. The van der Waals surface area contributed by atoms with Crippen LogP contribution in [0.25, 0.3) is 0 Å². The molecule has 13 heavy (non-hydrogen) atoms. The molecular weight excluding hydrogens is 168 g/mol. The molecule has 1 aliphatic heterocycles. The lowest BCUT2D eigenvalue weighted by molar-refractivity contribution is -0.207. The van der Waals surface area contributed by atoms with E-state index in [4.69, 9.17) is 9.47 Å². The monoisotopic (exact) mass is 184 g/mol. The Balaban J connectivity index is 1.79. The second kappa shape index (κ2) is 2.47. The van der Waals surface area contributed by atoms with Crippen LogP contribution in [0.15, 0.2) is 0 Å². The minimum absolute atomic E-state index is 0.106. The molecule has 2 saturated carbocycles. The van der Waals surface area contributed by atoms with Gasteiger partial charge in [-0.1, -0.05) is 0 Å². The van der Waals surface area contributed by atoms with Gasteiger partial charge in [-0.2, -0.15) is 0 Å². The standard InChI is InChI=1S/C10H16O3/c11-8-1-2-10(12-5-6-13-10)7-9(8)3-4-9/h8,11H,1-7H2. The molecular formula is C10H16O3. The van der Waals surface area contributed by atoms with E-state index in [1.54, 1.807) is 0 Å². The fourth-order valence-electron chi connectivity index (χ4n) is 2.82. The molecule has 0 aromatic heterocycles. The number of hydrogen-bond donors (Lipinski definition) is 1. The highest BCUT2D eigenvalue weighted by Gasteiger charge is 2.58. The van der Waals surface area contributed by atoms with Gasteiger partial charge in [-0.25, -0.2) is 0 Å². The maximum absolute atomic E-state index is 9.83. The summed E-state index contributed by atoms with van der Waals surface area (Å²) in [6, 6.07) is 0. The van der Waals surface area contributed by atoms with Gasteiger partial charge in [0.1, 0.15) is 0 Å². The number of aliphatic hydroxyl groups is 1. The molecule has 0 radical (unpaired) electrons. The average molecular weight is 184 g/mol. The van der Waals surface area contributed by atoms with Crippen LogP contribution in [-0.2, 0) is 9.47 Å². The summed E-state index contributed by atoms with van der Waals surface area (Å²) in [4.78, 5) is 0. The summed E-state index contributed by atoms with van der Waals surface area (Å²) < 4.78 is 11.3. The number of aliphatic hydroxyl groups excluding tert-OH is 1. The van der Waals surface area contributed by atoms with Crippen LogP contribution < -0.4 is 0 Å². The van der Waals surface area contributed by atoms with Crippen molar-refractivity contribution in [2.24, 2.45) is 5.41 Å². The van der Waals surface area contributed by atoms with Gasteiger partial charge in [-0.15, -0.1) is 0 Å². The second-order valence-corrected chi connectivity index (χ2v) is 4.70. The molecule has 0 aromatic carbocycles. The van der Waals surface area contributed by atoms with Gasteiger partial charge < -0.3 is 14.6 Å². The molecule has 3 heteroatoms. The maximum atomic E-state index is 9.83. The Labute approximate surface area is 78.0 Å². The number of rotatable bonds is 0. The lowest BCUT2D eigenvalue weighted by Crippen LogP contribution is -2.43. The molecule has 74 valence electrons. The average Bonchev–Trinajstić information content (AvgIpc) is 2.74. The summed E-state index contributed by atoms with van der Waals surface area (Å²) in [6.07, 6.45) is 4.84. The Morgan fingerprint density at radius 3 is 2.38 bits per heavy atom. The van der Waals surface area contributed by atoms with Crippen molar-refractivity contribution >= 4 is 0 Å². The summed E-state index contributed by atoms with van der Waals surface area (Å²) in [5.41, 5.74) is 0.169. The molecule has 3 nitrogen and oxygen atoms in total. The molecule has 1 heterocycles. The molecule has 0 aromatic rings. The molecule has 0 bridgehead atoms. The molecule has 1 atom stereocenters. The molecule has 2 aliphatic carbocycles. The summed E-state index contributed by atoms with van der Waals surface area (Å²) in [5, 5.41) is 9.83. The second-order valence-electron chi connectivity index (χ2n) is 4.70. The minimum atomic E-state index is -0.310. The zero-order chi connectivity index (χ0) is 8.94. The van der Waals surface area contributed by atoms with Crippen molar-refractivity contribution in [3.05, 3.63) is 0 Å². The van der Waals surface area contributed by atoms with Crippen molar-refractivity contribution in [1.29, 1.82) is 0 Å². The van der Waals surface area contributed by atoms with Gasteiger partial charge in [0, 0.05) is 18.3 Å². The van der Waals surface area contributed by atoms with Gasteiger partial charge in [-0.3, -0.25) is 0 Å². The third kappa shape index (κ3) is 1.14. The van der Waals surface area contributed by atoms with Crippen LogP contribution >= 0.6 is 0 Å². The van der Waals surface area contributed by atoms with Crippen molar-refractivity contribution in [1.82, 2.24) is 0 Å². The first-order valence-electron chi connectivity index (χ1n) is 5.21. The Morgan fingerprint density at radius 1 is 1.08 bits per heavy atom. The lowest BCUT2D eigenvalue weighted by atomic mass is 9.79. The highest BCUT2D eigenvalue weighted by atomic mass is 16.7. The van der Waals surface area contributed by atoms with Gasteiger partial charge in [-0.05, 0) is 19.3 Å². The van der Waals surface area contributed by atoms with Gasteiger partial charge in [0.2, 0.25) is 0 Å². The van der Waals surface area contributed by atoms with E-state index in [-0.39, 0.29) is 17.3 Å². The van der Waals surface area contributed by atoms with E-state index in [2.05, 4.69) is 0 Å². The SMILES string of the molecule is OC1CCC2(CC13CC3)OCCO2. The normalized spacial score (nSPS) is 39.9. The van der Waals surface area contributed by atoms with Crippen molar-refractivity contribution in [2.75, 3.05) is 13.2 Å². The van der Waals surface area contributed by atoms with Gasteiger partial charge in [0.25, 0.3) is 0 Å². The van der Waals surface area contributed by atoms with Crippen molar-refractivity contribution < 1.29 is 14.6 Å². The molecule has 3 aliphatic rings. The summed E-state index contributed by atoms with van der Waals surface area (Å²) in [6.45, 7) is 1.46. The Hall–Kier alpha value is -0.120. The van der Waals surface area contributed by atoms with Crippen LogP contribution in [0, 0.1) is 5.41 Å². The minimum Gasteiger partial charge on any atom is -0.393 e. The quantitative estimate of drug-likeness (QED) is 0.611. The summed E-state index contributed by atoms with van der Waals surface area (Å²) >= 11 is 0. The lowest BCUT2D eigenvalue weighted by Gasteiger charge is -2.39. The zero-order valence-electron chi connectivity index (χ0n) is 7.79. The predicted octanol–water partition coefficient (Wildman–Crippen LogP) is 1.05. The van der Waals surface area contributed by atoms with E-state index in [1.807, 2.05) is 0 Å². The highest BCUT2D eigenvalue weighted by Crippen LogP contribution is 2.60. The first-order chi connectivity index (χ1) is 6.25. The van der Waals surface area contributed by atoms with Crippen molar-refractivity contribution in [3.8, 4) is 0 Å². The molecule has 3 fully saturated rings. The van der Waals surface area contributed by atoms with Crippen molar-refractivity contribution in [3.63, 3.8) is 0 Å². The van der Waals surface area contributed by atoms with Gasteiger partial charge >= 0.3 is 0 Å². The molecule has 1 saturated heterocycles. The summed E-state index contributed by atoms with van der Waals surface area (Å²) in [7, 11) is 0. The summed E-state index contributed by atoms with van der Waals surface area (Å²) in [5.74, 6) is -0.310. The van der Waals surface area contributed by atoms with E-state index in [0.717, 1.165) is 45.3 Å². The van der Waals surface area contributed by atoms with Gasteiger partial charge in [0.05, 0.1) is 19.3 Å². The van der Waals surface area contributed by atoms with Crippen LogP contribution in [0.5, 0.6) is 0 Å². The smallest absolute Gasteiger partial charge is 0.169 e. The maximum Gasteiger partial charge on any atom is 0.169 e. The molecule has 1 unspecified atom stereocenters. The van der Waals surface area contributed by atoms with Crippen LogP contribution in [0.2, 0.25) is 0 Å². The predicted molar refractivity (Wildman–Crippen MR) is 46.2 cm³/mol. The molecule has 1 N–H and O–H groups in total. The fourth-order valence-corrected chi connectivity index (χ4v) is 2.82. The third-order valence-corrected chi connectivity index (χ3v) is 3.83. The molecule has 2 spiro atoms. The molecule has 3 rings (SSSR count). The van der Waals surface area contributed by atoms with E-state index in [9.17, 15) is 5.11 Å². The highest BCUT2D eigenvalue weighted by molar-refractivity contribution is 5.06. The Bertz CT molecular complexity index is 216. The van der Waals surface area contributed by atoms with E-state index < -0.39 is 0 Å². The molecule has 0 amide bonds.